The topological polar surface area (TPSA) is 15.3 Å². The van der Waals surface area contributed by atoms with Crippen LogP contribution in [0.4, 0.5) is 0 Å². The molecule has 82 valence electrons. The van der Waals surface area contributed by atoms with Crippen LogP contribution in [-0.4, -0.2) is 37.1 Å². The highest BCUT2D eigenvalue weighted by Crippen LogP contribution is 2.22. The summed E-state index contributed by atoms with van der Waals surface area (Å²) in [6, 6.07) is 1.55. The standard InChI is InChI=1S/C12H24N2/c1-4-10-14(3)12-8-6-11(7-9-12)13-5-2/h4,11-13H,1,5-10H2,2-3H3. The molecule has 1 N–H and O–H groups in total. The first-order valence-electron chi connectivity index (χ1n) is 5.82. The molecule has 2 heteroatoms. The van der Waals surface area contributed by atoms with Gasteiger partial charge in [-0.05, 0) is 39.3 Å². The number of nitrogens with one attached hydrogen (secondary N) is 1. The fraction of sp³-hybridized carbons (Fsp3) is 0.833. The van der Waals surface area contributed by atoms with Crippen LogP contribution in [0.15, 0.2) is 12.7 Å². The predicted molar refractivity (Wildman–Crippen MR) is 62.5 cm³/mol. The second kappa shape index (κ2) is 6.20. The molecule has 0 saturated heterocycles. The van der Waals surface area contributed by atoms with Gasteiger partial charge in [0.15, 0.2) is 0 Å². The second-order valence-electron chi connectivity index (χ2n) is 4.29. The molecule has 0 bridgehead atoms. The molecule has 1 fully saturated rings. The van der Waals surface area contributed by atoms with Crippen LogP contribution < -0.4 is 5.32 Å². The second-order valence-corrected chi connectivity index (χ2v) is 4.29. The first-order valence-corrected chi connectivity index (χ1v) is 5.82. The molecule has 1 aliphatic carbocycles. The Balaban J connectivity index is 2.24. The molecule has 0 aromatic rings. The molecular weight excluding hydrogens is 172 g/mol. The summed E-state index contributed by atoms with van der Waals surface area (Å²) in [4.78, 5) is 2.43. The van der Waals surface area contributed by atoms with Gasteiger partial charge in [-0.2, -0.15) is 0 Å². The average Bonchev–Trinajstić information content (AvgIpc) is 2.20. The van der Waals surface area contributed by atoms with Gasteiger partial charge in [-0.1, -0.05) is 13.0 Å². The van der Waals surface area contributed by atoms with E-state index in [1.165, 1.54) is 25.7 Å². The molecule has 0 aromatic carbocycles. The van der Waals surface area contributed by atoms with Gasteiger partial charge in [0.2, 0.25) is 0 Å². The van der Waals surface area contributed by atoms with E-state index >= 15 is 0 Å². The monoisotopic (exact) mass is 196 g/mol. The quantitative estimate of drug-likeness (QED) is 0.677. The van der Waals surface area contributed by atoms with Crippen LogP contribution >= 0.6 is 0 Å². The zero-order chi connectivity index (χ0) is 10.4. The third-order valence-electron chi connectivity index (χ3n) is 3.23. The van der Waals surface area contributed by atoms with E-state index in [0.717, 1.165) is 25.2 Å². The van der Waals surface area contributed by atoms with Gasteiger partial charge in [0, 0.05) is 18.6 Å². The summed E-state index contributed by atoms with van der Waals surface area (Å²) in [6.45, 7) is 8.11. The molecule has 0 aliphatic heterocycles. The van der Waals surface area contributed by atoms with Crippen molar-refractivity contribution < 1.29 is 0 Å². The van der Waals surface area contributed by atoms with Gasteiger partial charge in [0.1, 0.15) is 0 Å². The van der Waals surface area contributed by atoms with Crippen molar-refractivity contribution >= 4 is 0 Å². The van der Waals surface area contributed by atoms with Crippen molar-refractivity contribution in [1.82, 2.24) is 10.2 Å². The number of hydrogen-bond donors (Lipinski definition) is 1. The van der Waals surface area contributed by atoms with Gasteiger partial charge in [-0.3, -0.25) is 4.90 Å². The SMILES string of the molecule is C=CCN(C)C1CCC(NCC)CC1. The highest BCUT2D eigenvalue weighted by Gasteiger charge is 2.22. The van der Waals surface area contributed by atoms with Crippen molar-refractivity contribution in [3.63, 3.8) is 0 Å². The first-order chi connectivity index (χ1) is 6.77. The van der Waals surface area contributed by atoms with Gasteiger partial charge >= 0.3 is 0 Å². The first kappa shape index (κ1) is 11.7. The third kappa shape index (κ3) is 3.43. The Hall–Kier alpha value is -0.340. The lowest BCUT2D eigenvalue weighted by atomic mass is 9.90. The summed E-state index contributed by atoms with van der Waals surface area (Å²) in [7, 11) is 2.21. The fourth-order valence-corrected chi connectivity index (χ4v) is 2.36. The maximum atomic E-state index is 3.79. The van der Waals surface area contributed by atoms with E-state index in [0.29, 0.717) is 0 Å². The Kier molecular flexibility index (Phi) is 5.20. The van der Waals surface area contributed by atoms with Crippen molar-refractivity contribution in [2.24, 2.45) is 0 Å². The van der Waals surface area contributed by atoms with E-state index in [2.05, 4.69) is 30.8 Å². The van der Waals surface area contributed by atoms with Gasteiger partial charge in [-0.25, -0.2) is 0 Å². The molecule has 0 spiro atoms. The Morgan fingerprint density at radius 3 is 2.50 bits per heavy atom. The van der Waals surface area contributed by atoms with Crippen LogP contribution in [0, 0.1) is 0 Å². The molecule has 0 atom stereocenters. The minimum atomic E-state index is 0.772. The third-order valence-corrected chi connectivity index (χ3v) is 3.23. The normalized spacial score (nSPS) is 27.9. The van der Waals surface area contributed by atoms with Crippen LogP contribution in [0.5, 0.6) is 0 Å². The van der Waals surface area contributed by atoms with E-state index in [9.17, 15) is 0 Å². The Labute approximate surface area is 88.4 Å². The van der Waals surface area contributed by atoms with Gasteiger partial charge < -0.3 is 5.32 Å². The Bertz CT molecular complexity index is 160. The highest BCUT2D eigenvalue weighted by atomic mass is 15.1. The summed E-state index contributed by atoms with van der Waals surface area (Å²) in [5, 5.41) is 3.54. The maximum Gasteiger partial charge on any atom is 0.0160 e. The molecule has 0 heterocycles. The molecule has 2 nitrogen and oxygen atoms in total. The van der Waals surface area contributed by atoms with E-state index in [1.807, 2.05) is 6.08 Å². The van der Waals surface area contributed by atoms with Crippen molar-refractivity contribution in [2.75, 3.05) is 20.1 Å². The van der Waals surface area contributed by atoms with E-state index < -0.39 is 0 Å². The molecule has 1 saturated carbocycles. The predicted octanol–water partition coefficient (Wildman–Crippen LogP) is 2.02. The Morgan fingerprint density at radius 1 is 1.36 bits per heavy atom. The summed E-state index contributed by atoms with van der Waals surface area (Å²) < 4.78 is 0. The lowest BCUT2D eigenvalue weighted by molar-refractivity contribution is 0.189. The fourth-order valence-electron chi connectivity index (χ4n) is 2.36. The van der Waals surface area contributed by atoms with Crippen molar-refractivity contribution in [3.8, 4) is 0 Å². The van der Waals surface area contributed by atoms with Crippen LogP contribution in [-0.2, 0) is 0 Å². The van der Waals surface area contributed by atoms with E-state index in [1.54, 1.807) is 0 Å². The number of nitrogens with zero attached hydrogens (tertiary/aromatic N) is 1. The molecule has 0 aromatic heterocycles. The van der Waals surface area contributed by atoms with Crippen molar-refractivity contribution in [2.45, 2.75) is 44.7 Å². The van der Waals surface area contributed by atoms with Gasteiger partial charge in [0.05, 0.1) is 0 Å². The maximum absolute atomic E-state index is 3.79. The van der Waals surface area contributed by atoms with E-state index in [-0.39, 0.29) is 0 Å². The molecular formula is C12H24N2. The van der Waals surface area contributed by atoms with Crippen LogP contribution in [0.3, 0.4) is 0 Å². The lowest BCUT2D eigenvalue weighted by Crippen LogP contribution is -2.40. The number of hydrogen-bond acceptors (Lipinski definition) is 2. The smallest absolute Gasteiger partial charge is 0.0160 e. The molecule has 0 unspecified atom stereocenters. The average molecular weight is 196 g/mol. The molecule has 1 aliphatic rings. The molecule has 0 radical (unpaired) electrons. The van der Waals surface area contributed by atoms with Crippen molar-refractivity contribution in [1.29, 1.82) is 0 Å². The van der Waals surface area contributed by atoms with Crippen molar-refractivity contribution in [3.05, 3.63) is 12.7 Å². The number of rotatable bonds is 5. The van der Waals surface area contributed by atoms with E-state index in [4.69, 9.17) is 0 Å². The zero-order valence-electron chi connectivity index (χ0n) is 9.63. The molecule has 14 heavy (non-hydrogen) atoms. The molecule has 1 rings (SSSR count). The summed E-state index contributed by atoms with van der Waals surface area (Å²) >= 11 is 0. The van der Waals surface area contributed by atoms with Crippen LogP contribution in [0.1, 0.15) is 32.6 Å². The van der Waals surface area contributed by atoms with Crippen LogP contribution in [0.2, 0.25) is 0 Å². The van der Waals surface area contributed by atoms with Gasteiger partial charge in [-0.15, -0.1) is 6.58 Å². The lowest BCUT2D eigenvalue weighted by Gasteiger charge is -2.34. The molecule has 0 amide bonds. The minimum absolute atomic E-state index is 0.772. The minimum Gasteiger partial charge on any atom is -0.314 e. The van der Waals surface area contributed by atoms with Crippen LogP contribution in [0.25, 0.3) is 0 Å². The Morgan fingerprint density at radius 2 is 2.00 bits per heavy atom. The van der Waals surface area contributed by atoms with Gasteiger partial charge in [0.25, 0.3) is 0 Å². The number of likely N-dealkylation sites (N-methyl/N-ethyl adjacent to an activating group) is 1. The largest absolute Gasteiger partial charge is 0.314 e. The summed E-state index contributed by atoms with van der Waals surface area (Å²) in [6.07, 6.45) is 7.33. The summed E-state index contributed by atoms with van der Waals surface area (Å²) in [5.74, 6) is 0. The highest BCUT2D eigenvalue weighted by molar-refractivity contribution is 4.84. The zero-order valence-corrected chi connectivity index (χ0v) is 9.63. The summed E-state index contributed by atoms with van der Waals surface area (Å²) in [5.41, 5.74) is 0.